The second-order valence-corrected chi connectivity index (χ2v) is 2.58. The number of hydrazine groups is 1. The number of hydrogen-bond donors (Lipinski definition) is 2. The molecule has 1 aromatic rings. The lowest BCUT2D eigenvalue weighted by atomic mass is 10.3. The zero-order valence-corrected chi connectivity index (χ0v) is 7.48. The first-order valence-electron chi connectivity index (χ1n) is 3.87. The van der Waals surface area contributed by atoms with Crippen LogP contribution in [0.1, 0.15) is 6.92 Å². The fraction of sp³-hybridized carbons (Fsp3) is 0.125. The zero-order valence-electron chi connectivity index (χ0n) is 7.48. The maximum Gasteiger partial charge on any atom is 0.294 e. The molecule has 6 heteroatoms. The van der Waals surface area contributed by atoms with Crippen LogP contribution in [0.2, 0.25) is 0 Å². The van der Waals surface area contributed by atoms with Gasteiger partial charge in [0.25, 0.3) is 5.69 Å². The van der Waals surface area contributed by atoms with Crippen LogP contribution in [0.3, 0.4) is 0 Å². The largest absolute Gasteiger partial charge is 0.294 e. The van der Waals surface area contributed by atoms with Gasteiger partial charge in [-0.25, -0.2) is 0 Å². The van der Waals surface area contributed by atoms with Crippen molar-refractivity contribution in [2.24, 2.45) is 0 Å². The normalized spacial score (nSPS) is 9.21. The predicted molar refractivity (Wildman–Crippen MR) is 50.5 cm³/mol. The van der Waals surface area contributed by atoms with Crippen LogP contribution in [0, 0.1) is 10.1 Å². The van der Waals surface area contributed by atoms with Gasteiger partial charge in [-0.15, -0.1) is 0 Å². The number of nitrogens with zero attached hydrogens (tertiary/aromatic N) is 1. The Kier molecular flexibility index (Phi) is 3.01. The van der Waals surface area contributed by atoms with Crippen molar-refractivity contribution in [2.45, 2.75) is 6.92 Å². The molecule has 6 nitrogen and oxygen atoms in total. The highest BCUT2D eigenvalue weighted by molar-refractivity contribution is 5.75. The summed E-state index contributed by atoms with van der Waals surface area (Å²) >= 11 is 0. The van der Waals surface area contributed by atoms with Crippen LogP contribution in [0.4, 0.5) is 11.4 Å². The molecule has 0 atom stereocenters. The number of carbonyl (C=O) groups excluding carboxylic acids is 1. The maximum absolute atomic E-state index is 10.6. The summed E-state index contributed by atoms with van der Waals surface area (Å²) in [4.78, 5) is 20.6. The summed E-state index contributed by atoms with van der Waals surface area (Å²) in [6.07, 6.45) is 0. The molecule has 0 heterocycles. The number of anilines is 1. The van der Waals surface area contributed by atoms with Gasteiger partial charge in [-0.2, -0.15) is 0 Å². The Hall–Kier alpha value is -2.11. The number of carbonyl (C=O) groups is 1. The first-order valence-corrected chi connectivity index (χ1v) is 3.87. The molecule has 14 heavy (non-hydrogen) atoms. The zero-order chi connectivity index (χ0) is 10.6. The van der Waals surface area contributed by atoms with Crippen molar-refractivity contribution in [1.29, 1.82) is 0 Å². The molecule has 0 unspecified atom stereocenters. The Morgan fingerprint density at radius 3 is 2.64 bits per heavy atom. The summed E-state index contributed by atoms with van der Waals surface area (Å²) < 4.78 is 0. The maximum atomic E-state index is 10.6. The molecule has 0 spiro atoms. The molecular formula is C8H9N3O3. The molecule has 1 aromatic carbocycles. The van der Waals surface area contributed by atoms with Gasteiger partial charge in [0.2, 0.25) is 5.91 Å². The van der Waals surface area contributed by atoms with Gasteiger partial charge in [0.15, 0.2) is 0 Å². The molecule has 0 aliphatic heterocycles. The van der Waals surface area contributed by atoms with Crippen molar-refractivity contribution in [3.63, 3.8) is 0 Å². The van der Waals surface area contributed by atoms with Crippen LogP contribution in [0.5, 0.6) is 0 Å². The number of nitro groups is 1. The Balaban J connectivity index is 2.84. The van der Waals surface area contributed by atoms with Crippen LogP contribution in [-0.4, -0.2) is 10.8 Å². The number of nitrogens with one attached hydrogen (secondary N) is 2. The molecule has 1 amide bonds. The van der Waals surface area contributed by atoms with Gasteiger partial charge in [-0.1, -0.05) is 12.1 Å². The number of para-hydroxylation sites is 2. The highest BCUT2D eigenvalue weighted by Gasteiger charge is 2.11. The molecule has 0 fully saturated rings. The number of nitro benzene ring substituents is 1. The quantitative estimate of drug-likeness (QED) is 0.557. The predicted octanol–water partition coefficient (Wildman–Crippen LogP) is 1.06. The van der Waals surface area contributed by atoms with Crippen LogP contribution in [-0.2, 0) is 4.79 Å². The molecule has 2 N–H and O–H groups in total. The highest BCUT2D eigenvalue weighted by atomic mass is 16.6. The molecule has 0 saturated carbocycles. The summed E-state index contributed by atoms with van der Waals surface area (Å²) in [7, 11) is 0. The summed E-state index contributed by atoms with van der Waals surface area (Å²) in [5, 5.41) is 10.5. The van der Waals surface area contributed by atoms with Gasteiger partial charge in [0.1, 0.15) is 5.69 Å². The average Bonchev–Trinajstić information content (AvgIpc) is 2.15. The molecule has 0 aliphatic carbocycles. The van der Waals surface area contributed by atoms with E-state index in [1.165, 1.54) is 19.1 Å². The van der Waals surface area contributed by atoms with Crippen LogP contribution >= 0.6 is 0 Å². The minimum absolute atomic E-state index is 0.0822. The minimum Gasteiger partial charge on any atom is -0.292 e. The van der Waals surface area contributed by atoms with Gasteiger partial charge >= 0.3 is 0 Å². The molecule has 0 saturated heterocycles. The lowest BCUT2D eigenvalue weighted by Gasteiger charge is -2.05. The SMILES string of the molecule is CC(=O)NNc1ccccc1[N+](=O)[O-]. The van der Waals surface area contributed by atoms with Crippen molar-refractivity contribution in [3.05, 3.63) is 34.4 Å². The van der Waals surface area contributed by atoms with E-state index in [2.05, 4.69) is 10.9 Å². The van der Waals surface area contributed by atoms with Crippen molar-refractivity contribution in [1.82, 2.24) is 5.43 Å². The van der Waals surface area contributed by atoms with E-state index >= 15 is 0 Å². The van der Waals surface area contributed by atoms with E-state index < -0.39 is 4.92 Å². The van der Waals surface area contributed by atoms with Gasteiger partial charge in [0.05, 0.1) is 4.92 Å². The van der Waals surface area contributed by atoms with Crippen LogP contribution in [0.25, 0.3) is 0 Å². The summed E-state index contributed by atoms with van der Waals surface area (Å²) in [5.41, 5.74) is 4.89. The molecule has 1 rings (SSSR count). The summed E-state index contributed by atoms with van der Waals surface area (Å²) in [5.74, 6) is -0.317. The minimum atomic E-state index is -0.524. The first kappa shape index (κ1) is 9.97. The molecule has 0 aliphatic rings. The second kappa shape index (κ2) is 4.22. The van der Waals surface area contributed by atoms with E-state index in [-0.39, 0.29) is 17.3 Å². The smallest absolute Gasteiger partial charge is 0.292 e. The van der Waals surface area contributed by atoms with E-state index in [1.807, 2.05) is 0 Å². The van der Waals surface area contributed by atoms with Crippen LogP contribution in [0.15, 0.2) is 24.3 Å². The summed E-state index contributed by atoms with van der Waals surface area (Å²) in [6.45, 7) is 1.31. The van der Waals surface area contributed by atoms with Crippen molar-refractivity contribution < 1.29 is 9.72 Å². The topological polar surface area (TPSA) is 84.3 Å². The number of amides is 1. The lowest BCUT2D eigenvalue weighted by Crippen LogP contribution is -2.26. The van der Waals surface area contributed by atoms with Crippen molar-refractivity contribution >= 4 is 17.3 Å². The first-order chi connectivity index (χ1) is 6.61. The fourth-order valence-corrected chi connectivity index (χ4v) is 0.894. The standard InChI is InChI=1S/C8H9N3O3/c1-6(12)9-10-7-4-2-3-5-8(7)11(13)14/h2-5,10H,1H3,(H,9,12). The Labute approximate surface area is 80.0 Å². The van der Waals surface area contributed by atoms with E-state index in [9.17, 15) is 14.9 Å². The summed E-state index contributed by atoms with van der Waals surface area (Å²) in [6, 6.07) is 6.05. The fourth-order valence-electron chi connectivity index (χ4n) is 0.894. The number of benzene rings is 1. The van der Waals surface area contributed by atoms with E-state index in [4.69, 9.17) is 0 Å². The Morgan fingerprint density at radius 1 is 1.43 bits per heavy atom. The monoisotopic (exact) mass is 195 g/mol. The molecule has 0 bridgehead atoms. The third kappa shape index (κ3) is 2.44. The Bertz CT molecular complexity index is 365. The third-order valence-electron chi connectivity index (χ3n) is 1.47. The van der Waals surface area contributed by atoms with Gasteiger partial charge in [-0.3, -0.25) is 25.8 Å². The van der Waals surface area contributed by atoms with Gasteiger partial charge in [-0.05, 0) is 6.07 Å². The number of rotatable bonds is 3. The number of hydrogen-bond acceptors (Lipinski definition) is 4. The lowest BCUT2D eigenvalue weighted by molar-refractivity contribution is -0.384. The Morgan fingerprint density at radius 2 is 2.07 bits per heavy atom. The van der Waals surface area contributed by atoms with E-state index in [1.54, 1.807) is 12.1 Å². The molecular weight excluding hydrogens is 186 g/mol. The van der Waals surface area contributed by atoms with Crippen molar-refractivity contribution in [2.75, 3.05) is 5.43 Å². The molecule has 0 radical (unpaired) electrons. The second-order valence-electron chi connectivity index (χ2n) is 2.58. The molecule has 0 aromatic heterocycles. The van der Waals surface area contributed by atoms with Gasteiger partial charge in [0, 0.05) is 13.0 Å². The van der Waals surface area contributed by atoms with Crippen LogP contribution < -0.4 is 10.9 Å². The van der Waals surface area contributed by atoms with Gasteiger partial charge < -0.3 is 0 Å². The third-order valence-corrected chi connectivity index (χ3v) is 1.47. The van der Waals surface area contributed by atoms with E-state index in [0.717, 1.165) is 0 Å². The molecule has 74 valence electrons. The van der Waals surface area contributed by atoms with Crippen molar-refractivity contribution in [3.8, 4) is 0 Å². The van der Waals surface area contributed by atoms with E-state index in [0.29, 0.717) is 0 Å². The average molecular weight is 195 g/mol. The highest BCUT2D eigenvalue weighted by Crippen LogP contribution is 2.21.